The van der Waals surface area contributed by atoms with Crippen molar-refractivity contribution in [2.45, 2.75) is 19.9 Å². The molecule has 1 atom stereocenters. The molecule has 0 fully saturated rings. The summed E-state index contributed by atoms with van der Waals surface area (Å²) in [5, 5.41) is 5.03. The summed E-state index contributed by atoms with van der Waals surface area (Å²) in [4.78, 5) is 16.1. The van der Waals surface area contributed by atoms with Gasteiger partial charge in [0.1, 0.15) is 0 Å². The second-order valence-electron chi connectivity index (χ2n) is 5.01. The van der Waals surface area contributed by atoms with Crippen molar-refractivity contribution in [3.63, 3.8) is 0 Å². The first-order valence-electron chi connectivity index (χ1n) is 6.59. The van der Waals surface area contributed by atoms with Crippen LogP contribution in [0.1, 0.15) is 19.4 Å². The van der Waals surface area contributed by atoms with Crippen molar-refractivity contribution in [2.24, 2.45) is 11.0 Å². The van der Waals surface area contributed by atoms with Crippen LogP contribution in [0.4, 0.5) is 0 Å². The van der Waals surface area contributed by atoms with Crippen molar-refractivity contribution >= 4 is 35.4 Å². The number of nitrogens with one attached hydrogen (secondary N) is 1. The lowest BCUT2D eigenvalue weighted by molar-refractivity contribution is -0.414. The summed E-state index contributed by atoms with van der Waals surface area (Å²) in [6, 6.07) is 9.41. The molecule has 1 heterocycles. The van der Waals surface area contributed by atoms with Gasteiger partial charge in [-0.15, -0.1) is 12.4 Å². The third-order valence-electron chi connectivity index (χ3n) is 3.18. The Balaban J connectivity index is 0.00000220. The van der Waals surface area contributed by atoms with E-state index in [1.165, 1.54) is 0 Å². The van der Waals surface area contributed by atoms with Crippen molar-refractivity contribution in [3.8, 4) is 0 Å². The largest absolute Gasteiger partial charge is 1.00 e. The van der Waals surface area contributed by atoms with E-state index < -0.39 is 0 Å². The van der Waals surface area contributed by atoms with Crippen LogP contribution in [0, 0.1) is 5.92 Å². The van der Waals surface area contributed by atoms with Crippen LogP contribution in [-0.2, 0) is 4.79 Å². The Morgan fingerprint density at radius 3 is 2.68 bits per heavy atom. The molecular formula is C15H20Cl2N4O. The van der Waals surface area contributed by atoms with Gasteiger partial charge in [0, 0.05) is 23.1 Å². The van der Waals surface area contributed by atoms with Gasteiger partial charge in [0.05, 0.1) is 11.7 Å². The van der Waals surface area contributed by atoms with E-state index in [9.17, 15) is 4.79 Å². The van der Waals surface area contributed by atoms with E-state index in [1.807, 2.05) is 44.2 Å². The molecule has 22 heavy (non-hydrogen) atoms. The maximum absolute atomic E-state index is 11.7. The zero-order chi connectivity index (χ0) is 14.5. The first-order valence-corrected chi connectivity index (χ1v) is 6.59. The molecule has 5 nitrogen and oxygen atoms in total. The second-order valence-corrected chi connectivity index (χ2v) is 5.01. The molecule has 0 aliphatic carbocycles. The van der Waals surface area contributed by atoms with E-state index in [-0.39, 0.29) is 42.7 Å². The van der Waals surface area contributed by atoms with Gasteiger partial charge in [-0.2, -0.15) is 5.10 Å². The number of hydrogen-bond acceptors (Lipinski definition) is 3. The van der Waals surface area contributed by atoms with E-state index in [0.717, 1.165) is 16.5 Å². The van der Waals surface area contributed by atoms with E-state index in [1.54, 1.807) is 12.4 Å². The van der Waals surface area contributed by atoms with Gasteiger partial charge in [0.15, 0.2) is 6.04 Å². The molecule has 0 aliphatic heterocycles. The fourth-order valence-corrected chi connectivity index (χ4v) is 1.78. The van der Waals surface area contributed by atoms with E-state index in [0.29, 0.717) is 0 Å². The molecule has 1 aromatic heterocycles. The number of carbonyl (C=O) groups is 1. The molecule has 0 saturated carbocycles. The molecule has 2 rings (SSSR count). The monoisotopic (exact) mass is 342 g/mol. The quantitative estimate of drug-likeness (QED) is 0.517. The average molecular weight is 343 g/mol. The number of pyridine rings is 1. The molecular weight excluding hydrogens is 323 g/mol. The summed E-state index contributed by atoms with van der Waals surface area (Å²) in [7, 11) is 0. The van der Waals surface area contributed by atoms with Gasteiger partial charge in [0.2, 0.25) is 0 Å². The maximum Gasteiger partial charge on any atom is 0.298 e. The van der Waals surface area contributed by atoms with Crippen LogP contribution in [0.15, 0.2) is 41.6 Å². The number of fused-ring (bicyclic) bond motifs is 1. The summed E-state index contributed by atoms with van der Waals surface area (Å²) in [5.74, 6) is 0.00821. The van der Waals surface area contributed by atoms with Crippen LogP contribution in [0.3, 0.4) is 0 Å². The summed E-state index contributed by atoms with van der Waals surface area (Å²) in [6.45, 7) is 3.91. The standard InChI is InChI=1S/C15H18N4O.2ClH/c1-10(2)13(16)15(20)19-18-9-12-6-3-5-11-7-4-8-17-14(11)12;;/h3-10,13H,16H2,1-2H3,(H,19,20);2*1H/t13-;;/m1../s1. The summed E-state index contributed by atoms with van der Waals surface area (Å²) >= 11 is 0. The fourth-order valence-electron chi connectivity index (χ4n) is 1.78. The van der Waals surface area contributed by atoms with Crippen LogP contribution in [0.25, 0.3) is 10.9 Å². The second kappa shape index (κ2) is 9.35. The Bertz CT molecular complexity index is 641. The van der Waals surface area contributed by atoms with Crippen LogP contribution in [-0.4, -0.2) is 23.1 Å². The number of rotatable bonds is 4. The Morgan fingerprint density at radius 2 is 2.00 bits per heavy atom. The van der Waals surface area contributed by atoms with Gasteiger partial charge in [-0.05, 0) is 6.07 Å². The van der Waals surface area contributed by atoms with Crippen molar-refractivity contribution in [1.82, 2.24) is 10.4 Å². The number of halogens is 2. The number of hydrazone groups is 1. The molecule has 7 heteroatoms. The molecule has 0 unspecified atom stereocenters. The highest BCUT2D eigenvalue weighted by Gasteiger charge is 2.20. The Morgan fingerprint density at radius 1 is 1.32 bits per heavy atom. The Kier molecular flexibility index (Phi) is 8.63. The summed E-state index contributed by atoms with van der Waals surface area (Å²) in [6.07, 6.45) is 3.35. The van der Waals surface area contributed by atoms with Crippen molar-refractivity contribution in [2.75, 3.05) is 0 Å². The van der Waals surface area contributed by atoms with Gasteiger partial charge in [0.25, 0.3) is 5.91 Å². The number of benzene rings is 1. The Labute approximate surface area is 142 Å². The molecule has 0 aliphatic rings. The lowest BCUT2D eigenvalue weighted by atomic mass is 10.1. The highest BCUT2D eigenvalue weighted by molar-refractivity contribution is 5.97. The number of nitrogens with zero attached hydrogens (tertiary/aromatic N) is 2. The van der Waals surface area contributed by atoms with Crippen LogP contribution in [0.2, 0.25) is 0 Å². The van der Waals surface area contributed by atoms with Crippen molar-refractivity contribution in [3.05, 3.63) is 42.1 Å². The van der Waals surface area contributed by atoms with Gasteiger partial charge in [-0.3, -0.25) is 9.78 Å². The number of amides is 1. The SMILES string of the molecule is CC(C)[C@@H]([NH3+])C(=O)NN=Cc1cccc2cccnc12.Cl.[Cl-]. The van der Waals surface area contributed by atoms with Crippen LogP contribution in [0.5, 0.6) is 0 Å². The van der Waals surface area contributed by atoms with Crippen LogP contribution >= 0.6 is 12.4 Å². The first kappa shape index (κ1) is 20.3. The predicted octanol–water partition coefficient (Wildman–Crippen LogP) is -1.62. The highest BCUT2D eigenvalue weighted by Crippen LogP contribution is 2.13. The number of para-hydroxylation sites is 1. The third-order valence-corrected chi connectivity index (χ3v) is 3.18. The molecule has 2 aromatic rings. The maximum atomic E-state index is 11.7. The lowest BCUT2D eigenvalue weighted by Gasteiger charge is -2.09. The Hall–Kier alpha value is -1.69. The molecule has 1 aromatic carbocycles. The third kappa shape index (κ3) is 4.94. The number of hydrogen-bond donors (Lipinski definition) is 2. The molecule has 0 saturated heterocycles. The smallest absolute Gasteiger partial charge is 0.298 e. The minimum atomic E-state index is -0.308. The number of quaternary nitrogens is 1. The van der Waals surface area contributed by atoms with Crippen molar-refractivity contribution < 1.29 is 22.9 Å². The lowest BCUT2D eigenvalue weighted by Crippen LogP contribution is -3.00. The molecule has 0 bridgehead atoms. The molecule has 1 amide bonds. The minimum Gasteiger partial charge on any atom is -1.00 e. The van der Waals surface area contributed by atoms with E-state index in [4.69, 9.17) is 0 Å². The fraction of sp³-hybridized carbons (Fsp3) is 0.267. The number of aromatic nitrogens is 1. The summed E-state index contributed by atoms with van der Waals surface area (Å²) in [5.41, 5.74) is 8.06. The molecule has 0 radical (unpaired) electrons. The van der Waals surface area contributed by atoms with E-state index in [2.05, 4.69) is 21.2 Å². The highest BCUT2D eigenvalue weighted by atomic mass is 35.5. The predicted molar refractivity (Wildman–Crippen MR) is 86.2 cm³/mol. The molecule has 0 spiro atoms. The topological polar surface area (TPSA) is 82.0 Å². The zero-order valence-electron chi connectivity index (χ0n) is 12.5. The zero-order valence-corrected chi connectivity index (χ0v) is 14.1. The van der Waals surface area contributed by atoms with Gasteiger partial charge in [-0.1, -0.05) is 38.1 Å². The van der Waals surface area contributed by atoms with Gasteiger partial charge in [-0.25, -0.2) is 5.43 Å². The minimum absolute atomic E-state index is 0. The van der Waals surface area contributed by atoms with E-state index >= 15 is 0 Å². The molecule has 4 N–H and O–H groups in total. The normalized spacial score (nSPS) is 11.8. The summed E-state index contributed by atoms with van der Waals surface area (Å²) < 4.78 is 0. The first-order chi connectivity index (χ1) is 9.59. The van der Waals surface area contributed by atoms with Crippen LogP contribution < -0.4 is 23.6 Å². The average Bonchev–Trinajstić information content (AvgIpc) is 2.46. The number of carbonyl (C=O) groups excluding carboxylic acids is 1. The van der Waals surface area contributed by atoms with Crippen molar-refractivity contribution in [1.29, 1.82) is 0 Å². The van der Waals surface area contributed by atoms with Gasteiger partial charge >= 0.3 is 0 Å². The van der Waals surface area contributed by atoms with Gasteiger partial charge < -0.3 is 18.1 Å². The molecule has 120 valence electrons.